The van der Waals surface area contributed by atoms with E-state index in [1.807, 2.05) is 90.0 Å². The van der Waals surface area contributed by atoms with Gasteiger partial charge in [0.25, 0.3) is 0 Å². The second-order valence-electron chi connectivity index (χ2n) is 4.73. The summed E-state index contributed by atoms with van der Waals surface area (Å²) < 4.78 is 5.17. The van der Waals surface area contributed by atoms with Crippen LogP contribution in [0.5, 0.6) is 11.5 Å². The van der Waals surface area contributed by atoms with Crippen LogP contribution in [-0.4, -0.2) is 7.11 Å². The van der Waals surface area contributed by atoms with Crippen LogP contribution in [0.2, 0.25) is 0 Å². The molecule has 0 amide bonds. The van der Waals surface area contributed by atoms with Gasteiger partial charge in [0.2, 0.25) is 0 Å². The normalized spacial score (nSPS) is 10.0. The molecule has 0 radical (unpaired) electrons. The number of rotatable bonds is 5. The number of anilines is 2. The van der Waals surface area contributed by atoms with E-state index in [-0.39, 0.29) is 0 Å². The summed E-state index contributed by atoms with van der Waals surface area (Å²) in [6.07, 6.45) is 0. The van der Waals surface area contributed by atoms with Gasteiger partial charge in [-0.2, -0.15) is 5.06 Å². The number of benzene rings is 3. The lowest BCUT2D eigenvalue weighted by molar-refractivity contribution is 0.323. The fourth-order valence-electron chi connectivity index (χ4n) is 2.12. The molecule has 110 valence electrons. The van der Waals surface area contributed by atoms with E-state index in [1.54, 1.807) is 7.11 Å². The molecule has 0 aliphatic rings. The maximum absolute atomic E-state index is 6.06. The predicted octanol–water partition coefficient (Wildman–Crippen LogP) is 4.83. The van der Waals surface area contributed by atoms with Gasteiger partial charge < -0.3 is 9.57 Å². The second-order valence-corrected chi connectivity index (χ2v) is 4.73. The van der Waals surface area contributed by atoms with Crippen molar-refractivity contribution in [2.75, 3.05) is 12.2 Å². The van der Waals surface area contributed by atoms with Crippen LogP contribution in [0.15, 0.2) is 84.9 Å². The first kappa shape index (κ1) is 14.0. The number of methoxy groups -OCH3 is 1. The third kappa shape index (κ3) is 3.20. The van der Waals surface area contributed by atoms with Crippen LogP contribution in [0.1, 0.15) is 0 Å². The first-order valence-corrected chi connectivity index (χ1v) is 7.09. The quantitative estimate of drug-likeness (QED) is 0.629. The van der Waals surface area contributed by atoms with Crippen molar-refractivity contribution in [3.8, 4) is 11.5 Å². The Kier molecular flexibility index (Phi) is 4.25. The zero-order valence-electron chi connectivity index (χ0n) is 12.3. The zero-order valence-corrected chi connectivity index (χ0v) is 12.3. The molecule has 0 saturated carbocycles. The fourth-order valence-corrected chi connectivity index (χ4v) is 2.12. The van der Waals surface area contributed by atoms with Gasteiger partial charge in [-0.15, -0.1) is 0 Å². The molecule has 3 rings (SSSR count). The van der Waals surface area contributed by atoms with Gasteiger partial charge in [0.1, 0.15) is 5.75 Å². The van der Waals surface area contributed by atoms with Gasteiger partial charge in [-0.1, -0.05) is 36.4 Å². The molecule has 3 aromatic rings. The van der Waals surface area contributed by atoms with Crippen LogP contribution in [-0.2, 0) is 0 Å². The van der Waals surface area contributed by atoms with E-state index >= 15 is 0 Å². The molecular weight excluding hydrogens is 274 g/mol. The van der Waals surface area contributed by atoms with Gasteiger partial charge in [-0.3, -0.25) is 0 Å². The van der Waals surface area contributed by atoms with Crippen molar-refractivity contribution < 1.29 is 9.57 Å². The molecule has 0 heterocycles. The highest BCUT2D eigenvalue weighted by Crippen LogP contribution is 2.27. The summed E-state index contributed by atoms with van der Waals surface area (Å²) in [5.41, 5.74) is 1.93. The van der Waals surface area contributed by atoms with Crippen LogP contribution >= 0.6 is 0 Å². The van der Waals surface area contributed by atoms with Gasteiger partial charge in [-0.05, 0) is 48.5 Å². The molecule has 22 heavy (non-hydrogen) atoms. The van der Waals surface area contributed by atoms with Gasteiger partial charge in [0.15, 0.2) is 5.75 Å². The number of para-hydroxylation sites is 2. The van der Waals surface area contributed by atoms with Crippen LogP contribution < -0.4 is 14.6 Å². The number of hydrogen-bond donors (Lipinski definition) is 0. The summed E-state index contributed by atoms with van der Waals surface area (Å²) in [5.74, 6) is 1.55. The molecule has 3 heteroatoms. The highest BCUT2D eigenvalue weighted by atomic mass is 16.7. The average molecular weight is 291 g/mol. The molecule has 0 saturated heterocycles. The molecule has 0 bridgehead atoms. The second kappa shape index (κ2) is 6.68. The molecule has 0 unspecified atom stereocenters. The Balaban J connectivity index is 1.91. The molecule has 0 spiro atoms. The van der Waals surface area contributed by atoms with Crippen molar-refractivity contribution in [3.63, 3.8) is 0 Å². The molecule has 0 aliphatic heterocycles. The van der Waals surface area contributed by atoms with Gasteiger partial charge in [0, 0.05) is 0 Å². The number of ether oxygens (including phenoxy) is 1. The first-order valence-electron chi connectivity index (χ1n) is 7.09. The lowest BCUT2D eigenvalue weighted by Crippen LogP contribution is -2.21. The molecule has 0 aromatic heterocycles. The van der Waals surface area contributed by atoms with Crippen molar-refractivity contribution in [3.05, 3.63) is 84.9 Å². The van der Waals surface area contributed by atoms with Crippen molar-refractivity contribution in [1.82, 2.24) is 0 Å². The number of nitrogens with zero attached hydrogens (tertiary/aromatic N) is 1. The Morgan fingerprint density at radius 2 is 1.05 bits per heavy atom. The average Bonchev–Trinajstić information content (AvgIpc) is 2.62. The molecule has 3 nitrogen and oxygen atoms in total. The monoisotopic (exact) mass is 291 g/mol. The Hall–Kier alpha value is -2.94. The summed E-state index contributed by atoms with van der Waals surface area (Å²) >= 11 is 0. The minimum absolute atomic E-state index is 0.744. The molecule has 0 aliphatic carbocycles. The van der Waals surface area contributed by atoms with E-state index in [2.05, 4.69) is 0 Å². The Morgan fingerprint density at radius 3 is 1.50 bits per heavy atom. The topological polar surface area (TPSA) is 21.7 Å². The Labute approximate surface area is 130 Å². The minimum Gasteiger partial charge on any atom is -0.497 e. The van der Waals surface area contributed by atoms with E-state index < -0.39 is 0 Å². The molecule has 3 aromatic carbocycles. The smallest absolute Gasteiger partial charge is 0.156 e. The van der Waals surface area contributed by atoms with Crippen molar-refractivity contribution in [1.29, 1.82) is 0 Å². The van der Waals surface area contributed by atoms with E-state index in [0.717, 1.165) is 22.9 Å². The molecule has 0 fully saturated rings. The highest BCUT2D eigenvalue weighted by Gasteiger charge is 2.11. The van der Waals surface area contributed by atoms with Crippen LogP contribution in [0.25, 0.3) is 0 Å². The maximum atomic E-state index is 6.06. The standard InChI is InChI=1S/C19H17NO2/c1-21-18-12-14-19(15-13-18)22-20(16-8-4-2-5-9-16)17-10-6-3-7-11-17/h2-15H,1H3. The van der Waals surface area contributed by atoms with Crippen LogP contribution in [0.3, 0.4) is 0 Å². The fraction of sp³-hybridized carbons (Fsp3) is 0.0526. The predicted molar refractivity (Wildman–Crippen MR) is 88.6 cm³/mol. The Bertz CT molecular complexity index is 657. The molecule has 0 N–H and O–H groups in total. The van der Waals surface area contributed by atoms with Gasteiger partial charge in [-0.25, -0.2) is 0 Å². The first-order chi connectivity index (χ1) is 10.9. The summed E-state index contributed by atoms with van der Waals surface area (Å²) in [7, 11) is 1.65. The van der Waals surface area contributed by atoms with E-state index in [0.29, 0.717) is 0 Å². The van der Waals surface area contributed by atoms with Crippen molar-refractivity contribution in [2.45, 2.75) is 0 Å². The largest absolute Gasteiger partial charge is 0.497 e. The lowest BCUT2D eigenvalue weighted by Gasteiger charge is -2.24. The summed E-state index contributed by atoms with van der Waals surface area (Å²) in [6, 6.07) is 27.5. The van der Waals surface area contributed by atoms with Crippen LogP contribution in [0, 0.1) is 0 Å². The van der Waals surface area contributed by atoms with Crippen molar-refractivity contribution in [2.24, 2.45) is 0 Å². The third-order valence-corrected chi connectivity index (χ3v) is 3.24. The number of hydrogen-bond acceptors (Lipinski definition) is 3. The van der Waals surface area contributed by atoms with Crippen molar-refractivity contribution >= 4 is 11.4 Å². The summed E-state index contributed by atoms with van der Waals surface area (Å²) in [6.45, 7) is 0. The Morgan fingerprint density at radius 1 is 0.591 bits per heavy atom. The SMILES string of the molecule is COc1ccc(ON(c2ccccc2)c2ccccc2)cc1. The molecular formula is C19H17NO2. The van der Waals surface area contributed by atoms with E-state index in [4.69, 9.17) is 9.57 Å². The zero-order chi connectivity index (χ0) is 15.2. The third-order valence-electron chi connectivity index (χ3n) is 3.24. The van der Waals surface area contributed by atoms with E-state index in [1.165, 1.54) is 0 Å². The minimum atomic E-state index is 0.744. The van der Waals surface area contributed by atoms with E-state index in [9.17, 15) is 0 Å². The summed E-state index contributed by atoms with van der Waals surface area (Å²) in [4.78, 5) is 6.06. The van der Waals surface area contributed by atoms with Crippen LogP contribution in [0.4, 0.5) is 11.4 Å². The summed E-state index contributed by atoms with van der Waals surface area (Å²) in [5, 5.41) is 1.81. The molecule has 0 atom stereocenters. The van der Waals surface area contributed by atoms with Gasteiger partial charge in [0.05, 0.1) is 18.5 Å². The maximum Gasteiger partial charge on any atom is 0.156 e. The lowest BCUT2D eigenvalue weighted by atomic mass is 10.2. The highest BCUT2D eigenvalue weighted by molar-refractivity contribution is 5.60. The van der Waals surface area contributed by atoms with Gasteiger partial charge >= 0.3 is 0 Å².